The van der Waals surface area contributed by atoms with E-state index in [1.165, 1.54) is 0 Å². The monoisotopic (exact) mass is 269 g/mol. The van der Waals surface area contributed by atoms with Gasteiger partial charge in [0.1, 0.15) is 0 Å². The van der Waals surface area contributed by atoms with Gasteiger partial charge in [0.25, 0.3) is 0 Å². The first-order chi connectivity index (χ1) is 8.52. The van der Waals surface area contributed by atoms with Gasteiger partial charge in [-0.1, -0.05) is 30.7 Å². The minimum atomic E-state index is -0.952. The van der Waals surface area contributed by atoms with E-state index in [0.717, 1.165) is 12.0 Å². The summed E-state index contributed by atoms with van der Waals surface area (Å²) < 4.78 is 0. The Bertz CT molecular complexity index is 417. The molecular weight excluding hydrogens is 254 g/mol. The second-order valence-corrected chi connectivity index (χ2v) is 4.46. The van der Waals surface area contributed by atoms with E-state index < -0.39 is 12.0 Å². The highest BCUT2D eigenvalue weighted by atomic mass is 35.5. The van der Waals surface area contributed by atoms with Gasteiger partial charge in [0.05, 0.1) is 12.5 Å². The molecule has 0 saturated carbocycles. The molecule has 18 heavy (non-hydrogen) atoms. The van der Waals surface area contributed by atoms with Crippen molar-refractivity contribution in [1.82, 2.24) is 5.32 Å². The predicted octanol–water partition coefficient (Wildman–Crippen LogP) is 2.77. The molecule has 0 fully saturated rings. The first kappa shape index (κ1) is 14.5. The number of rotatable bonds is 6. The molecule has 0 unspecified atom stereocenters. The molecule has 1 aromatic carbocycles. The second-order valence-electron chi connectivity index (χ2n) is 4.02. The summed E-state index contributed by atoms with van der Waals surface area (Å²) in [5.74, 6) is -1.09. The first-order valence-electron chi connectivity index (χ1n) is 5.79. The van der Waals surface area contributed by atoms with Gasteiger partial charge in [-0.25, -0.2) is 0 Å². The number of hydrogen-bond acceptors (Lipinski definition) is 2. The lowest BCUT2D eigenvalue weighted by Gasteiger charge is -2.17. The highest BCUT2D eigenvalue weighted by Crippen LogP contribution is 2.19. The molecule has 1 rings (SSSR count). The van der Waals surface area contributed by atoms with Crippen LogP contribution in [0.1, 0.15) is 37.8 Å². The number of aliphatic carboxylic acids is 1. The maximum Gasteiger partial charge on any atom is 0.305 e. The summed E-state index contributed by atoms with van der Waals surface area (Å²) in [6.07, 6.45) is 0.979. The third kappa shape index (κ3) is 4.75. The van der Waals surface area contributed by atoms with Crippen molar-refractivity contribution in [2.75, 3.05) is 0 Å². The van der Waals surface area contributed by atoms with Crippen LogP contribution in [0, 0.1) is 0 Å². The van der Waals surface area contributed by atoms with E-state index >= 15 is 0 Å². The normalized spacial score (nSPS) is 11.9. The van der Waals surface area contributed by atoms with Gasteiger partial charge in [-0.15, -0.1) is 0 Å². The largest absolute Gasteiger partial charge is 0.481 e. The third-order valence-electron chi connectivity index (χ3n) is 2.46. The van der Waals surface area contributed by atoms with Gasteiger partial charge >= 0.3 is 5.97 Å². The van der Waals surface area contributed by atoms with Gasteiger partial charge in [-0.05, 0) is 24.1 Å². The number of carbonyl (C=O) groups excluding carboxylic acids is 1. The number of halogens is 1. The Morgan fingerprint density at radius 1 is 1.33 bits per heavy atom. The topological polar surface area (TPSA) is 66.4 Å². The van der Waals surface area contributed by atoms with Crippen LogP contribution in [0.5, 0.6) is 0 Å². The molecule has 2 N–H and O–H groups in total. The molecule has 0 aliphatic carbocycles. The summed E-state index contributed by atoms with van der Waals surface area (Å²) in [6, 6.07) is 6.29. The Morgan fingerprint density at radius 2 is 1.94 bits per heavy atom. The van der Waals surface area contributed by atoms with E-state index in [1.807, 2.05) is 6.92 Å². The van der Waals surface area contributed by atoms with E-state index in [-0.39, 0.29) is 12.3 Å². The van der Waals surface area contributed by atoms with E-state index in [4.69, 9.17) is 16.7 Å². The van der Waals surface area contributed by atoms with Gasteiger partial charge in [0, 0.05) is 11.4 Å². The number of benzene rings is 1. The lowest BCUT2D eigenvalue weighted by molar-refractivity contribution is -0.137. The molecule has 1 atom stereocenters. The van der Waals surface area contributed by atoms with Crippen LogP contribution in [0.4, 0.5) is 0 Å². The second kappa shape index (κ2) is 7.01. The van der Waals surface area contributed by atoms with Gasteiger partial charge in [-0.2, -0.15) is 0 Å². The van der Waals surface area contributed by atoms with Crippen molar-refractivity contribution in [1.29, 1.82) is 0 Å². The van der Waals surface area contributed by atoms with E-state index in [2.05, 4.69) is 5.32 Å². The fraction of sp³-hybridized carbons (Fsp3) is 0.385. The average molecular weight is 270 g/mol. The molecule has 0 aromatic heterocycles. The lowest BCUT2D eigenvalue weighted by atomic mass is 10.0. The highest BCUT2D eigenvalue weighted by molar-refractivity contribution is 6.30. The van der Waals surface area contributed by atoms with Crippen molar-refractivity contribution >= 4 is 23.5 Å². The molecule has 0 radical (unpaired) electrons. The van der Waals surface area contributed by atoms with Crippen molar-refractivity contribution in [2.45, 2.75) is 32.2 Å². The maximum absolute atomic E-state index is 11.5. The summed E-state index contributed by atoms with van der Waals surface area (Å²) in [6.45, 7) is 1.90. The standard InChI is InChI=1S/C13H16ClNO3/c1-2-3-12(16)15-11(8-13(17)18)9-4-6-10(14)7-5-9/h4-7,11H,2-3,8H2,1H3,(H,15,16)(H,17,18)/t11-/m0/s1. The maximum atomic E-state index is 11.5. The molecule has 0 spiro atoms. The summed E-state index contributed by atoms with van der Waals surface area (Å²) in [5, 5.41) is 12.2. The molecule has 0 aliphatic rings. The third-order valence-corrected chi connectivity index (χ3v) is 2.72. The quantitative estimate of drug-likeness (QED) is 0.834. The minimum absolute atomic E-state index is 0.140. The van der Waals surface area contributed by atoms with Crippen molar-refractivity contribution in [2.24, 2.45) is 0 Å². The molecule has 0 bridgehead atoms. The Kier molecular flexibility index (Phi) is 5.65. The summed E-state index contributed by atoms with van der Waals surface area (Å²) in [5.41, 5.74) is 0.742. The number of carbonyl (C=O) groups is 2. The van der Waals surface area contributed by atoms with E-state index in [1.54, 1.807) is 24.3 Å². The van der Waals surface area contributed by atoms with Crippen molar-refractivity contribution in [3.8, 4) is 0 Å². The van der Waals surface area contributed by atoms with Crippen LogP contribution in [0.3, 0.4) is 0 Å². The average Bonchev–Trinajstić information content (AvgIpc) is 2.28. The molecule has 98 valence electrons. The summed E-state index contributed by atoms with van der Waals surface area (Å²) in [7, 11) is 0. The lowest BCUT2D eigenvalue weighted by Crippen LogP contribution is -2.29. The number of carboxylic acid groups (broad SMARTS) is 1. The van der Waals surface area contributed by atoms with E-state index in [9.17, 15) is 9.59 Å². The number of carboxylic acids is 1. The van der Waals surface area contributed by atoms with Crippen LogP contribution in [-0.2, 0) is 9.59 Å². The zero-order chi connectivity index (χ0) is 13.5. The van der Waals surface area contributed by atoms with Crippen LogP contribution >= 0.6 is 11.6 Å². The first-order valence-corrected chi connectivity index (χ1v) is 6.17. The van der Waals surface area contributed by atoms with Gasteiger partial charge in [0.15, 0.2) is 0 Å². The zero-order valence-electron chi connectivity index (χ0n) is 10.1. The van der Waals surface area contributed by atoms with Crippen LogP contribution in [0.15, 0.2) is 24.3 Å². The SMILES string of the molecule is CCCC(=O)N[C@@H](CC(=O)O)c1ccc(Cl)cc1. The number of nitrogens with one attached hydrogen (secondary N) is 1. The Balaban J connectivity index is 2.80. The molecule has 5 heteroatoms. The molecule has 0 saturated heterocycles. The molecule has 0 heterocycles. The Morgan fingerprint density at radius 3 is 2.44 bits per heavy atom. The van der Waals surface area contributed by atoms with Gasteiger partial charge in [0.2, 0.25) is 5.91 Å². The number of hydrogen-bond donors (Lipinski definition) is 2. The molecule has 1 amide bonds. The summed E-state index contributed by atoms with van der Waals surface area (Å²) >= 11 is 5.77. The van der Waals surface area contributed by atoms with E-state index in [0.29, 0.717) is 11.4 Å². The molecule has 1 aromatic rings. The van der Waals surface area contributed by atoms with Crippen molar-refractivity contribution in [3.63, 3.8) is 0 Å². The molecule has 0 aliphatic heterocycles. The number of amides is 1. The Labute approximate surface area is 111 Å². The summed E-state index contributed by atoms with van der Waals surface area (Å²) in [4.78, 5) is 22.4. The molecular formula is C13H16ClNO3. The van der Waals surface area contributed by atoms with Crippen molar-refractivity contribution in [3.05, 3.63) is 34.9 Å². The highest BCUT2D eigenvalue weighted by Gasteiger charge is 2.17. The van der Waals surface area contributed by atoms with Crippen LogP contribution in [0.2, 0.25) is 5.02 Å². The van der Waals surface area contributed by atoms with Crippen LogP contribution in [0.25, 0.3) is 0 Å². The van der Waals surface area contributed by atoms with Crippen LogP contribution in [-0.4, -0.2) is 17.0 Å². The zero-order valence-corrected chi connectivity index (χ0v) is 10.9. The van der Waals surface area contributed by atoms with Crippen molar-refractivity contribution < 1.29 is 14.7 Å². The predicted molar refractivity (Wildman–Crippen MR) is 69.5 cm³/mol. The minimum Gasteiger partial charge on any atom is -0.481 e. The fourth-order valence-corrected chi connectivity index (χ4v) is 1.74. The van der Waals surface area contributed by atoms with Gasteiger partial charge in [-0.3, -0.25) is 9.59 Å². The molecule has 4 nitrogen and oxygen atoms in total. The smallest absolute Gasteiger partial charge is 0.305 e. The Hall–Kier alpha value is -1.55. The van der Waals surface area contributed by atoms with Gasteiger partial charge < -0.3 is 10.4 Å². The fourth-order valence-electron chi connectivity index (χ4n) is 1.62. The van der Waals surface area contributed by atoms with Crippen LogP contribution < -0.4 is 5.32 Å².